The van der Waals surface area contributed by atoms with Crippen LogP contribution in [0.4, 0.5) is 9.52 Å². The van der Waals surface area contributed by atoms with Gasteiger partial charge in [-0.2, -0.15) is 0 Å². The molecule has 0 fully saturated rings. The highest BCUT2D eigenvalue weighted by atomic mass is 32.2. The summed E-state index contributed by atoms with van der Waals surface area (Å²) in [5.74, 6) is -0.460. The van der Waals surface area contributed by atoms with Crippen LogP contribution in [-0.4, -0.2) is 33.4 Å². The van der Waals surface area contributed by atoms with Crippen molar-refractivity contribution in [2.75, 3.05) is 12.4 Å². The van der Waals surface area contributed by atoms with Gasteiger partial charge in [0.15, 0.2) is 21.0 Å². The first-order valence-corrected chi connectivity index (χ1v) is 9.74. The van der Waals surface area contributed by atoms with Crippen LogP contribution in [0.25, 0.3) is 11.3 Å². The minimum atomic E-state index is -0.458. The van der Waals surface area contributed by atoms with Crippen molar-refractivity contribution in [1.82, 2.24) is 15.2 Å². The highest BCUT2D eigenvalue weighted by molar-refractivity contribution is 8.02. The molecule has 1 N–H and O–H groups in total. The second kappa shape index (κ2) is 7.89. The molecule has 0 radical (unpaired) electrons. The van der Waals surface area contributed by atoms with Crippen molar-refractivity contribution >= 4 is 45.5 Å². The summed E-state index contributed by atoms with van der Waals surface area (Å²) < 4.78 is 19.4. The second-order valence-electron chi connectivity index (χ2n) is 4.84. The van der Waals surface area contributed by atoms with Crippen molar-refractivity contribution in [3.05, 3.63) is 34.9 Å². The maximum atomic E-state index is 13.8. The number of anilines is 1. The smallest absolute Gasteiger partial charge is 0.239 e. The number of hydrogen-bond donors (Lipinski definition) is 1. The van der Waals surface area contributed by atoms with Gasteiger partial charge >= 0.3 is 0 Å². The van der Waals surface area contributed by atoms with E-state index in [1.807, 2.05) is 0 Å². The van der Waals surface area contributed by atoms with E-state index in [2.05, 4.69) is 20.5 Å². The molecule has 3 aromatic rings. The number of hydrogen-bond acceptors (Lipinski definition) is 8. The number of nitrogens with one attached hydrogen (secondary N) is 1. The second-order valence-corrected chi connectivity index (χ2v) is 8.12. The largest absolute Gasteiger partial charge is 0.494 e. The van der Waals surface area contributed by atoms with Gasteiger partial charge in [-0.3, -0.25) is 4.79 Å². The Balaban J connectivity index is 1.67. The molecule has 0 unspecified atom stereocenters. The predicted molar refractivity (Wildman–Crippen MR) is 97.9 cm³/mol. The fraction of sp³-hybridized carbons (Fsp3) is 0.200. The van der Waals surface area contributed by atoms with Gasteiger partial charge in [-0.1, -0.05) is 23.1 Å². The van der Waals surface area contributed by atoms with E-state index in [0.29, 0.717) is 16.4 Å². The molecule has 0 spiro atoms. The summed E-state index contributed by atoms with van der Waals surface area (Å²) in [6.07, 6.45) is 0. The number of thioether (sulfide) groups is 1. The standard InChI is InChI=1S/C15H13FN4O2S3/c1-8(25-15-20-17-7-24-15)13(21)19-14-18-11(6-23-14)9-3-4-12(22-2)10(16)5-9/h3-8H,1-2H3,(H,18,19,21)/t8-/m1/s1. The molecule has 6 nitrogen and oxygen atoms in total. The number of carbonyl (C=O) groups is 1. The molecule has 2 heterocycles. The number of thiazole rings is 1. The van der Waals surface area contributed by atoms with Crippen LogP contribution in [0.3, 0.4) is 0 Å². The molecule has 1 atom stereocenters. The molecule has 130 valence electrons. The first-order chi connectivity index (χ1) is 12.1. The number of amides is 1. The highest BCUT2D eigenvalue weighted by Gasteiger charge is 2.18. The molecule has 0 aliphatic carbocycles. The lowest BCUT2D eigenvalue weighted by Crippen LogP contribution is -2.22. The summed E-state index contributed by atoms with van der Waals surface area (Å²) in [6, 6.07) is 4.62. The molecule has 0 saturated heterocycles. The molecule has 3 rings (SSSR count). The molecule has 0 aliphatic rings. The molecule has 1 aromatic carbocycles. The molecular formula is C15H13FN4O2S3. The number of benzene rings is 1. The Morgan fingerprint density at radius 1 is 1.40 bits per heavy atom. The zero-order valence-electron chi connectivity index (χ0n) is 13.2. The van der Waals surface area contributed by atoms with Crippen LogP contribution in [0.2, 0.25) is 0 Å². The molecule has 25 heavy (non-hydrogen) atoms. The summed E-state index contributed by atoms with van der Waals surface area (Å²) >= 11 is 4.00. The molecule has 2 aromatic heterocycles. The molecule has 10 heteroatoms. The lowest BCUT2D eigenvalue weighted by atomic mass is 10.1. The Kier molecular flexibility index (Phi) is 5.61. The Hall–Kier alpha value is -2.04. The zero-order valence-corrected chi connectivity index (χ0v) is 15.7. The Morgan fingerprint density at radius 2 is 2.24 bits per heavy atom. The van der Waals surface area contributed by atoms with E-state index in [1.165, 1.54) is 47.6 Å². The van der Waals surface area contributed by atoms with E-state index >= 15 is 0 Å². The van der Waals surface area contributed by atoms with Crippen LogP contribution >= 0.6 is 34.4 Å². The number of carbonyl (C=O) groups excluding carboxylic acids is 1. The third kappa shape index (κ3) is 4.33. The average Bonchev–Trinajstić information content (AvgIpc) is 3.26. The van der Waals surface area contributed by atoms with Crippen molar-refractivity contribution in [3.8, 4) is 17.0 Å². The SMILES string of the molecule is COc1ccc(-c2csc(NC(=O)[C@@H](C)Sc3nncs3)n2)cc1F. The van der Waals surface area contributed by atoms with Crippen molar-refractivity contribution in [1.29, 1.82) is 0 Å². The van der Waals surface area contributed by atoms with Crippen LogP contribution in [0.5, 0.6) is 5.75 Å². The van der Waals surface area contributed by atoms with Crippen LogP contribution in [0.1, 0.15) is 6.92 Å². The van der Waals surface area contributed by atoms with Crippen molar-refractivity contribution in [2.45, 2.75) is 16.5 Å². The van der Waals surface area contributed by atoms with Crippen molar-refractivity contribution in [3.63, 3.8) is 0 Å². The topological polar surface area (TPSA) is 77.0 Å². The monoisotopic (exact) mass is 396 g/mol. The summed E-state index contributed by atoms with van der Waals surface area (Å²) in [7, 11) is 1.41. The average molecular weight is 396 g/mol. The van der Waals surface area contributed by atoms with Gasteiger partial charge in [0.05, 0.1) is 18.1 Å². The number of aromatic nitrogens is 3. The summed E-state index contributed by atoms with van der Waals surface area (Å²) in [4.78, 5) is 16.6. The minimum absolute atomic E-state index is 0.176. The van der Waals surface area contributed by atoms with E-state index in [0.717, 1.165) is 4.34 Å². The van der Waals surface area contributed by atoms with E-state index in [-0.39, 0.29) is 16.9 Å². The first kappa shape index (κ1) is 17.8. The maximum Gasteiger partial charge on any atom is 0.239 e. The summed E-state index contributed by atoms with van der Waals surface area (Å²) in [6.45, 7) is 1.79. The first-order valence-electron chi connectivity index (χ1n) is 7.10. The lowest BCUT2D eigenvalue weighted by Gasteiger charge is -2.07. The fourth-order valence-corrected chi connectivity index (χ4v) is 4.26. The number of halogens is 1. The third-order valence-electron chi connectivity index (χ3n) is 3.17. The number of nitrogens with zero attached hydrogens (tertiary/aromatic N) is 3. The Labute approximate surface area is 155 Å². The van der Waals surface area contributed by atoms with Crippen LogP contribution in [0.15, 0.2) is 33.4 Å². The highest BCUT2D eigenvalue weighted by Crippen LogP contribution is 2.29. The van der Waals surface area contributed by atoms with Crippen molar-refractivity contribution in [2.24, 2.45) is 0 Å². The van der Waals surface area contributed by atoms with E-state index in [9.17, 15) is 9.18 Å². The van der Waals surface area contributed by atoms with Gasteiger partial charge in [0.25, 0.3) is 0 Å². The van der Waals surface area contributed by atoms with E-state index < -0.39 is 5.82 Å². The third-order valence-corrected chi connectivity index (χ3v) is 5.84. The molecule has 0 saturated carbocycles. The summed E-state index contributed by atoms with van der Waals surface area (Å²) in [5.41, 5.74) is 2.83. The molecular weight excluding hydrogens is 383 g/mol. The Morgan fingerprint density at radius 3 is 2.92 bits per heavy atom. The molecule has 0 aliphatic heterocycles. The van der Waals surface area contributed by atoms with Gasteiger partial charge in [-0.15, -0.1) is 21.5 Å². The zero-order chi connectivity index (χ0) is 17.8. The van der Waals surface area contributed by atoms with Crippen LogP contribution < -0.4 is 10.1 Å². The maximum absolute atomic E-state index is 13.8. The number of methoxy groups -OCH3 is 1. The van der Waals surface area contributed by atoms with Crippen molar-refractivity contribution < 1.29 is 13.9 Å². The van der Waals surface area contributed by atoms with E-state index in [4.69, 9.17) is 4.74 Å². The molecule has 1 amide bonds. The fourth-order valence-electron chi connectivity index (χ4n) is 1.92. The lowest BCUT2D eigenvalue weighted by molar-refractivity contribution is -0.115. The minimum Gasteiger partial charge on any atom is -0.494 e. The Bertz CT molecular complexity index is 870. The predicted octanol–water partition coefficient (Wildman–Crippen LogP) is 3.93. The van der Waals surface area contributed by atoms with Gasteiger partial charge in [0, 0.05) is 10.9 Å². The van der Waals surface area contributed by atoms with E-state index in [1.54, 1.807) is 29.9 Å². The summed E-state index contributed by atoms with van der Waals surface area (Å²) in [5, 5.41) is 12.3. The quantitative estimate of drug-likeness (QED) is 0.636. The van der Waals surface area contributed by atoms with Gasteiger partial charge < -0.3 is 10.1 Å². The van der Waals surface area contributed by atoms with Gasteiger partial charge in [0.2, 0.25) is 5.91 Å². The van der Waals surface area contributed by atoms with Gasteiger partial charge in [-0.05, 0) is 25.1 Å². The molecule has 0 bridgehead atoms. The number of rotatable bonds is 6. The van der Waals surface area contributed by atoms with Gasteiger partial charge in [-0.25, -0.2) is 9.37 Å². The van der Waals surface area contributed by atoms with Crippen LogP contribution in [-0.2, 0) is 4.79 Å². The number of ether oxygens (including phenoxy) is 1. The van der Waals surface area contributed by atoms with Crippen LogP contribution in [0, 0.1) is 5.82 Å². The normalized spacial score (nSPS) is 12.0. The van der Waals surface area contributed by atoms with Gasteiger partial charge in [0.1, 0.15) is 5.51 Å².